The number of hydrogen-bond donors (Lipinski definition) is 2. The number of carbonyl (C=O) groups excluding carboxylic acids is 1. The summed E-state index contributed by atoms with van der Waals surface area (Å²) in [6, 6.07) is 8.86. The maximum absolute atomic E-state index is 9.50. The molecule has 1 aromatic carbocycles. The summed E-state index contributed by atoms with van der Waals surface area (Å²) in [5, 5.41) is 10.7. The van der Waals surface area contributed by atoms with E-state index in [4.69, 9.17) is 14.3 Å². The SMILES string of the molecule is C#C.C=O.CC.CC(C)(OCO)[C@@H]1CCC2C(=CC[C@@]3(C)C2CCC2Cc4c([nH]c5ccccc45)[C@@]23C)O1.CF.CI. The van der Waals surface area contributed by atoms with E-state index >= 15 is 0 Å². The number of hydrogen-bond acceptors (Lipinski definition) is 4. The molecule has 0 radical (unpaired) electrons. The van der Waals surface area contributed by atoms with Crippen molar-refractivity contribution < 1.29 is 23.8 Å². The number of alkyl halides is 2. The van der Waals surface area contributed by atoms with E-state index in [1.54, 1.807) is 5.56 Å². The minimum atomic E-state index is -0.477. The Hall–Kier alpha value is -1.89. The van der Waals surface area contributed by atoms with Crippen LogP contribution in [0.4, 0.5) is 4.39 Å². The van der Waals surface area contributed by atoms with Crippen LogP contribution in [0.5, 0.6) is 0 Å². The average molecular weight is 698 g/mol. The minimum Gasteiger partial charge on any atom is -0.492 e. The Morgan fingerprint density at radius 1 is 1.12 bits per heavy atom. The number of carbonyl (C=O) groups is 1. The van der Waals surface area contributed by atoms with Gasteiger partial charge in [0.2, 0.25) is 0 Å². The van der Waals surface area contributed by atoms with Gasteiger partial charge in [0.05, 0.1) is 12.9 Å². The van der Waals surface area contributed by atoms with Crippen LogP contribution in [-0.2, 0) is 26.1 Å². The summed E-state index contributed by atoms with van der Waals surface area (Å²) in [6.07, 6.45) is 17.4. The van der Waals surface area contributed by atoms with Gasteiger partial charge in [-0.05, 0) is 92.3 Å². The number of aromatic nitrogens is 1. The smallest absolute Gasteiger partial charge is 0.144 e. The Morgan fingerprint density at radius 2 is 1.74 bits per heavy atom. The van der Waals surface area contributed by atoms with E-state index in [2.05, 4.69) is 84.6 Å². The third kappa shape index (κ3) is 6.46. The van der Waals surface area contributed by atoms with Gasteiger partial charge in [-0.25, -0.2) is 0 Å². The number of rotatable bonds is 3. The van der Waals surface area contributed by atoms with E-state index in [9.17, 15) is 9.50 Å². The van der Waals surface area contributed by atoms with Crippen molar-refractivity contribution in [2.75, 3.05) is 18.9 Å². The maximum Gasteiger partial charge on any atom is 0.144 e. The van der Waals surface area contributed by atoms with Gasteiger partial charge in [-0.1, -0.05) is 68.5 Å². The van der Waals surface area contributed by atoms with Gasteiger partial charge in [0.25, 0.3) is 0 Å². The van der Waals surface area contributed by atoms with Crippen molar-refractivity contribution in [2.45, 2.75) is 97.2 Å². The minimum absolute atomic E-state index is 0.000205. The number of nitrogens with one attached hydrogen (secondary N) is 1. The van der Waals surface area contributed by atoms with Gasteiger partial charge in [0.1, 0.15) is 25.3 Å². The van der Waals surface area contributed by atoms with Crippen LogP contribution < -0.4 is 0 Å². The van der Waals surface area contributed by atoms with Gasteiger partial charge < -0.3 is 24.4 Å². The van der Waals surface area contributed by atoms with Gasteiger partial charge in [-0.15, -0.1) is 12.8 Å². The lowest BCUT2D eigenvalue weighted by atomic mass is 9.44. The summed E-state index contributed by atoms with van der Waals surface area (Å²) >= 11 is 2.15. The van der Waals surface area contributed by atoms with Crippen LogP contribution in [0, 0.1) is 36.0 Å². The molecule has 0 bridgehead atoms. The first-order valence-corrected chi connectivity index (χ1v) is 17.0. The maximum atomic E-state index is 9.50. The quantitative estimate of drug-likeness (QED) is 0.146. The molecule has 0 amide bonds. The number of aliphatic hydroxyl groups excluding tert-OH is 1. The summed E-state index contributed by atoms with van der Waals surface area (Å²) in [7, 11) is 0.500. The summed E-state index contributed by atoms with van der Waals surface area (Å²) in [4.78, 5) is 13.9. The molecule has 0 spiro atoms. The molecule has 236 valence electrons. The number of terminal acetylenes is 1. The number of allylic oxidation sites excluding steroid dienone is 2. The summed E-state index contributed by atoms with van der Waals surface area (Å²) < 4.78 is 21.7. The van der Waals surface area contributed by atoms with Gasteiger partial charge in [-0.3, -0.25) is 4.39 Å². The zero-order valence-electron chi connectivity index (χ0n) is 26.9. The van der Waals surface area contributed by atoms with Crippen LogP contribution in [-0.4, -0.2) is 47.5 Å². The van der Waals surface area contributed by atoms with Crippen LogP contribution in [0.25, 0.3) is 10.9 Å². The number of H-pyrrole nitrogens is 1. The molecule has 3 aliphatic carbocycles. The van der Waals surface area contributed by atoms with Crippen LogP contribution >= 0.6 is 22.6 Å². The summed E-state index contributed by atoms with van der Waals surface area (Å²) in [5.74, 6) is 3.05. The largest absolute Gasteiger partial charge is 0.492 e. The molecule has 1 aromatic heterocycles. The van der Waals surface area contributed by atoms with E-state index in [1.807, 2.05) is 39.4 Å². The lowest BCUT2D eigenvalue weighted by molar-refractivity contribution is -0.176. The topological polar surface area (TPSA) is 71.5 Å². The molecule has 42 heavy (non-hydrogen) atoms. The van der Waals surface area contributed by atoms with Crippen LogP contribution in [0.1, 0.15) is 84.9 Å². The number of benzene rings is 1. The number of para-hydroxylation sites is 1. The first-order chi connectivity index (χ1) is 20.3. The van der Waals surface area contributed by atoms with Crippen molar-refractivity contribution in [2.24, 2.45) is 23.2 Å². The number of fused-ring (bicyclic) bond motifs is 9. The second kappa shape index (κ2) is 16.8. The Labute approximate surface area is 267 Å². The fourth-order valence-electron chi connectivity index (χ4n) is 8.19. The van der Waals surface area contributed by atoms with Crippen molar-refractivity contribution in [3.8, 4) is 12.8 Å². The highest BCUT2D eigenvalue weighted by atomic mass is 127. The van der Waals surface area contributed by atoms with E-state index in [0.717, 1.165) is 25.2 Å². The number of ether oxygens (including phenoxy) is 2. The van der Waals surface area contributed by atoms with E-state index in [0.29, 0.717) is 19.0 Å². The van der Waals surface area contributed by atoms with E-state index in [1.165, 1.54) is 41.6 Å². The summed E-state index contributed by atoms with van der Waals surface area (Å²) in [6.45, 7) is 14.9. The van der Waals surface area contributed by atoms with Crippen molar-refractivity contribution in [1.82, 2.24) is 4.98 Å². The first kappa shape index (κ1) is 38.1. The molecule has 4 aliphatic rings. The molecule has 1 aliphatic heterocycles. The average Bonchev–Trinajstić information content (AvgIpc) is 3.56. The second-order valence-corrected chi connectivity index (χ2v) is 11.7. The Morgan fingerprint density at radius 3 is 2.36 bits per heavy atom. The highest BCUT2D eigenvalue weighted by molar-refractivity contribution is 14.1. The predicted octanol–water partition coefficient (Wildman–Crippen LogP) is 8.57. The molecule has 1 saturated heterocycles. The molecular weight excluding hydrogens is 644 g/mol. The Kier molecular flexibility index (Phi) is 15.3. The lowest BCUT2D eigenvalue weighted by Gasteiger charge is -2.61. The summed E-state index contributed by atoms with van der Waals surface area (Å²) in [5.41, 5.74) is 4.30. The van der Waals surface area contributed by atoms with Crippen LogP contribution in [0.3, 0.4) is 0 Å². The van der Waals surface area contributed by atoms with Gasteiger partial charge in [0.15, 0.2) is 0 Å². The number of aromatic amines is 1. The fourth-order valence-corrected chi connectivity index (χ4v) is 8.19. The molecule has 6 atom stereocenters. The molecular formula is C35H53FINO4. The lowest BCUT2D eigenvalue weighted by Crippen LogP contribution is -2.57. The highest BCUT2D eigenvalue weighted by Gasteiger charge is 2.63. The molecule has 6 rings (SSSR count). The second-order valence-electron chi connectivity index (χ2n) is 11.7. The van der Waals surface area contributed by atoms with Gasteiger partial charge in [0, 0.05) is 27.9 Å². The monoisotopic (exact) mass is 697 g/mol. The van der Waals surface area contributed by atoms with Crippen molar-refractivity contribution in [3.63, 3.8) is 0 Å². The predicted molar refractivity (Wildman–Crippen MR) is 182 cm³/mol. The van der Waals surface area contributed by atoms with E-state index in [-0.39, 0.29) is 23.7 Å². The van der Waals surface area contributed by atoms with Gasteiger partial charge in [-0.2, -0.15) is 0 Å². The van der Waals surface area contributed by atoms with Gasteiger partial charge >= 0.3 is 0 Å². The third-order valence-corrected chi connectivity index (χ3v) is 10.2. The Balaban J connectivity index is 0.000000803. The zero-order valence-corrected chi connectivity index (χ0v) is 29.1. The molecule has 2 fully saturated rings. The van der Waals surface area contributed by atoms with Crippen LogP contribution in [0.15, 0.2) is 36.1 Å². The zero-order chi connectivity index (χ0) is 32.3. The Bertz CT molecular complexity index is 1160. The molecule has 3 unspecified atom stereocenters. The van der Waals surface area contributed by atoms with Crippen molar-refractivity contribution >= 4 is 40.3 Å². The van der Waals surface area contributed by atoms with E-state index < -0.39 is 5.60 Å². The number of halogens is 2. The molecule has 5 nitrogen and oxygen atoms in total. The molecule has 2 aromatic rings. The molecule has 1 saturated carbocycles. The third-order valence-electron chi connectivity index (χ3n) is 10.2. The normalized spacial score (nSPS) is 29.8. The highest BCUT2D eigenvalue weighted by Crippen LogP contribution is 2.68. The molecule has 2 N–H and O–H groups in total. The first-order valence-electron chi connectivity index (χ1n) is 14.9. The molecule has 2 heterocycles. The molecule has 7 heteroatoms. The number of aliphatic hydroxyl groups is 1. The van der Waals surface area contributed by atoms with Crippen LogP contribution in [0.2, 0.25) is 0 Å². The van der Waals surface area contributed by atoms with Crippen molar-refractivity contribution in [3.05, 3.63) is 47.4 Å². The standard InChI is InChI=1S/C28H37NO3.C2H6.C2H2.CH3F.CH3I.CH2O/c1-26(2,31-16-30)24-12-10-19-21-11-9-17-15-20-18-7-5-6-8-22(18)29-25(20)28(17,4)27(21,3)14-13-23(19)32-24;5*1-2/h5-8,13,17,19,21,24,29-30H,9-12,14-16H2,1-4H3;1-2H3;1-2H;2*1H3;1H2/t17?,19?,21?,24-,27-,28+;;;;;/m0...../s1. The van der Waals surface area contributed by atoms with Crippen molar-refractivity contribution in [1.29, 1.82) is 0 Å². The fraction of sp³-hybridized carbons (Fsp3) is 0.629.